The van der Waals surface area contributed by atoms with Gasteiger partial charge in [-0.1, -0.05) is 6.92 Å². The van der Waals surface area contributed by atoms with E-state index in [-0.39, 0.29) is 6.42 Å². The number of nitrogens with two attached hydrogens (primary N) is 1. The first-order valence-corrected chi connectivity index (χ1v) is 5.05. The summed E-state index contributed by atoms with van der Waals surface area (Å²) in [6.07, 6.45) is -2.43. The molecule has 17 heavy (non-hydrogen) atoms. The minimum absolute atomic E-state index is 0.248. The molecule has 1 unspecified atom stereocenters. The Hall–Kier alpha value is -1.43. The number of nitrogens with zero attached hydrogens (tertiary/aromatic N) is 1. The Bertz CT molecular complexity index is 427. The Labute approximate surface area is 96.8 Å². The van der Waals surface area contributed by atoms with Gasteiger partial charge in [0.05, 0.1) is 16.7 Å². The molecule has 0 aliphatic heterocycles. The molecule has 1 heterocycles. The first-order chi connectivity index (χ1) is 7.70. The minimum Gasteiger partial charge on any atom is -0.319 e. The zero-order valence-corrected chi connectivity index (χ0v) is 9.51. The fourth-order valence-electron chi connectivity index (χ4n) is 1.29. The molecule has 0 amide bonds. The second-order valence-electron chi connectivity index (χ2n) is 4.02. The third-order valence-electron chi connectivity index (χ3n) is 2.62. The highest BCUT2D eigenvalue weighted by Gasteiger charge is 2.38. The number of hydrogen-bond acceptors (Lipinski definition) is 3. The average Bonchev–Trinajstić information content (AvgIpc) is 2.27. The van der Waals surface area contributed by atoms with Gasteiger partial charge in [0.2, 0.25) is 0 Å². The van der Waals surface area contributed by atoms with Gasteiger partial charge >= 0.3 is 6.18 Å². The molecule has 0 fully saturated rings. The lowest BCUT2D eigenvalue weighted by atomic mass is 9.88. The summed E-state index contributed by atoms with van der Waals surface area (Å²) in [6.45, 7) is 3.05. The quantitative estimate of drug-likeness (QED) is 0.833. The van der Waals surface area contributed by atoms with Crippen molar-refractivity contribution in [3.63, 3.8) is 0 Å². The first-order valence-electron chi connectivity index (χ1n) is 5.05. The molecule has 2 N–H and O–H groups in total. The third-order valence-corrected chi connectivity index (χ3v) is 2.62. The lowest BCUT2D eigenvalue weighted by molar-refractivity contribution is -0.138. The van der Waals surface area contributed by atoms with Crippen LogP contribution in [0.1, 0.15) is 36.2 Å². The van der Waals surface area contributed by atoms with E-state index in [1.54, 1.807) is 6.92 Å². The molecule has 3 nitrogen and oxygen atoms in total. The summed E-state index contributed by atoms with van der Waals surface area (Å²) in [4.78, 5) is 15.5. The van der Waals surface area contributed by atoms with Crippen molar-refractivity contribution in [2.75, 3.05) is 0 Å². The lowest BCUT2D eigenvalue weighted by Gasteiger charge is -2.22. The van der Waals surface area contributed by atoms with E-state index in [9.17, 15) is 18.0 Å². The van der Waals surface area contributed by atoms with Crippen LogP contribution in [0.25, 0.3) is 0 Å². The van der Waals surface area contributed by atoms with Crippen LogP contribution in [0.4, 0.5) is 13.2 Å². The van der Waals surface area contributed by atoms with Gasteiger partial charge in [-0.15, -0.1) is 0 Å². The highest BCUT2D eigenvalue weighted by Crippen LogP contribution is 2.32. The van der Waals surface area contributed by atoms with Crippen molar-refractivity contribution in [2.45, 2.75) is 32.0 Å². The van der Waals surface area contributed by atoms with Crippen molar-refractivity contribution in [3.05, 3.63) is 29.6 Å². The SMILES string of the molecule is CCC(C)(N)C(=O)c1cnccc1C(F)(F)F. The van der Waals surface area contributed by atoms with Crippen LogP contribution in [0.15, 0.2) is 18.5 Å². The molecule has 0 spiro atoms. The molecule has 1 aromatic heterocycles. The molecule has 1 atom stereocenters. The molecule has 0 aliphatic rings. The van der Waals surface area contributed by atoms with Crippen LogP contribution < -0.4 is 5.73 Å². The number of carbonyl (C=O) groups excluding carboxylic acids is 1. The van der Waals surface area contributed by atoms with E-state index < -0.39 is 28.6 Å². The highest BCUT2D eigenvalue weighted by molar-refractivity contribution is 6.03. The molecule has 0 bridgehead atoms. The number of hydrogen-bond donors (Lipinski definition) is 1. The van der Waals surface area contributed by atoms with Crippen molar-refractivity contribution in [1.82, 2.24) is 4.98 Å². The van der Waals surface area contributed by atoms with Gasteiger partial charge in [-0.2, -0.15) is 13.2 Å². The van der Waals surface area contributed by atoms with Crippen molar-refractivity contribution >= 4 is 5.78 Å². The smallest absolute Gasteiger partial charge is 0.319 e. The normalized spacial score (nSPS) is 15.4. The van der Waals surface area contributed by atoms with Crippen LogP contribution in [-0.2, 0) is 6.18 Å². The van der Waals surface area contributed by atoms with Gasteiger partial charge in [0.15, 0.2) is 5.78 Å². The van der Waals surface area contributed by atoms with E-state index in [1.807, 2.05) is 0 Å². The van der Waals surface area contributed by atoms with Gasteiger partial charge in [0.25, 0.3) is 0 Å². The summed E-state index contributed by atoms with van der Waals surface area (Å²) in [6, 6.07) is 0.777. The molecule has 1 rings (SSSR count). The highest BCUT2D eigenvalue weighted by atomic mass is 19.4. The summed E-state index contributed by atoms with van der Waals surface area (Å²) >= 11 is 0. The number of Topliss-reactive ketones (excluding diaryl/α,β-unsaturated/α-hetero) is 1. The van der Waals surface area contributed by atoms with Gasteiger partial charge < -0.3 is 5.73 Å². The number of aromatic nitrogens is 1. The predicted molar refractivity (Wildman–Crippen MR) is 56.5 cm³/mol. The molecule has 0 saturated heterocycles. The van der Waals surface area contributed by atoms with E-state index in [4.69, 9.17) is 5.73 Å². The number of pyridine rings is 1. The molecular formula is C11H13F3N2O. The molecule has 0 aliphatic carbocycles. The lowest BCUT2D eigenvalue weighted by Crippen LogP contribution is -2.44. The summed E-state index contributed by atoms with van der Waals surface area (Å²) in [7, 11) is 0. The maximum absolute atomic E-state index is 12.7. The molecule has 0 saturated carbocycles. The summed E-state index contributed by atoms with van der Waals surface area (Å²) in [5.41, 5.74) is 2.87. The maximum atomic E-state index is 12.7. The van der Waals surface area contributed by atoms with E-state index in [2.05, 4.69) is 4.98 Å². The Morgan fingerprint density at radius 2 is 2.06 bits per heavy atom. The Morgan fingerprint density at radius 3 is 2.53 bits per heavy atom. The molecule has 0 aromatic carbocycles. The number of carbonyl (C=O) groups is 1. The van der Waals surface area contributed by atoms with Gasteiger partial charge in [-0.05, 0) is 19.4 Å². The summed E-state index contributed by atoms with van der Waals surface area (Å²) < 4.78 is 38.0. The summed E-state index contributed by atoms with van der Waals surface area (Å²) in [5, 5.41) is 0. The number of alkyl halides is 3. The van der Waals surface area contributed by atoms with Crippen molar-refractivity contribution in [1.29, 1.82) is 0 Å². The zero-order valence-electron chi connectivity index (χ0n) is 9.51. The largest absolute Gasteiger partial charge is 0.417 e. The standard InChI is InChI=1S/C11H13F3N2O/c1-3-10(2,15)9(17)7-6-16-5-4-8(7)11(12,13)14/h4-6H,3,15H2,1-2H3. The van der Waals surface area contributed by atoms with E-state index in [1.165, 1.54) is 6.92 Å². The van der Waals surface area contributed by atoms with Crippen LogP contribution in [-0.4, -0.2) is 16.3 Å². The minimum atomic E-state index is -4.59. The second kappa shape index (κ2) is 4.44. The van der Waals surface area contributed by atoms with Gasteiger partial charge in [0, 0.05) is 12.4 Å². The first kappa shape index (κ1) is 13.6. The Balaban J connectivity index is 3.29. The van der Waals surface area contributed by atoms with Crippen LogP contribution in [0.3, 0.4) is 0 Å². The van der Waals surface area contributed by atoms with Crippen LogP contribution in [0, 0.1) is 0 Å². The zero-order chi connectivity index (χ0) is 13.3. The molecule has 94 valence electrons. The topological polar surface area (TPSA) is 56.0 Å². The maximum Gasteiger partial charge on any atom is 0.417 e. The fraction of sp³-hybridized carbons (Fsp3) is 0.455. The van der Waals surface area contributed by atoms with Gasteiger partial charge in [-0.3, -0.25) is 9.78 Å². The predicted octanol–water partition coefficient (Wildman–Crippen LogP) is 2.41. The van der Waals surface area contributed by atoms with Crippen LogP contribution >= 0.6 is 0 Å². The van der Waals surface area contributed by atoms with Crippen molar-refractivity contribution in [2.24, 2.45) is 5.73 Å². The van der Waals surface area contributed by atoms with Crippen LogP contribution in [0.2, 0.25) is 0 Å². The third kappa shape index (κ3) is 2.82. The fourth-order valence-corrected chi connectivity index (χ4v) is 1.29. The molecule has 1 aromatic rings. The van der Waals surface area contributed by atoms with Crippen molar-refractivity contribution < 1.29 is 18.0 Å². The molecule has 0 radical (unpaired) electrons. The number of rotatable bonds is 3. The molecule has 6 heteroatoms. The van der Waals surface area contributed by atoms with E-state index in [0.29, 0.717) is 0 Å². The second-order valence-corrected chi connectivity index (χ2v) is 4.02. The van der Waals surface area contributed by atoms with E-state index >= 15 is 0 Å². The monoisotopic (exact) mass is 246 g/mol. The Morgan fingerprint density at radius 1 is 1.47 bits per heavy atom. The van der Waals surface area contributed by atoms with E-state index in [0.717, 1.165) is 18.5 Å². The number of halogens is 3. The number of ketones is 1. The summed E-state index contributed by atoms with van der Waals surface area (Å²) in [5.74, 6) is -0.750. The average molecular weight is 246 g/mol. The van der Waals surface area contributed by atoms with Gasteiger partial charge in [0.1, 0.15) is 0 Å². The Kier molecular flexibility index (Phi) is 3.56. The van der Waals surface area contributed by atoms with Crippen LogP contribution in [0.5, 0.6) is 0 Å². The van der Waals surface area contributed by atoms with Gasteiger partial charge in [-0.25, -0.2) is 0 Å². The van der Waals surface area contributed by atoms with Crippen molar-refractivity contribution in [3.8, 4) is 0 Å². The molecular weight excluding hydrogens is 233 g/mol.